The normalized spacial score (nSPS) is 27.8. The van der Waals surface area contributed by atoms with E-state index in [1.165, 1.54) is 12.3 Å². The van der Waals surface area contributed by atoms with E-state index in [9.17, 15) is 14.3 Å². The van der Waals surface area contributed by atoms with Crippen molar-refractivity contribution in [1.29, 1.82) is 0 Å². The fraction of sp³-hybridized carbons (Fsp3) is 0.600. The van der Waals surface area contributed by atoms with Gasteiger partial charge in [0.1, 0.15) is 0 Å². The lowest BCUT2D eigenvalue weighted by atomic mass is 9.99. The maximum atomic E-state index is 14.4. The Morgan fingerprint density at radius 3 is 2.76 bits per heavy atom. The Hall–Kier alpha value is -1.69. The van der Waals surface area contributed by atoms with Gasteiger partial charge < -0.3 is 15.3 Å². The molecule has 1 aromatic heterocycles. The highest BCUT2D eigenvalue weighted by Gasteiger charge is 2.43. The SMILES string of the molecule is CCNc1nccc(C(=O)N2C3CCC2CC(O)C3)c1F. The van der Waals surface area contributed by atoms with Gasteiger partial charge in [-0.2, -0.15) is 0 Å². The summed E-state index contributed by atoms with van der Waals surface area (Å²) in [6.45, 7) is 2.39. The first-order valence-electron chi connectivity index (χ1n) is 7.51. The van der Waals surface area contributed by atoms with E-state index in [1.807, 2.05) is 6.92 Å². The van der Waals surface area contributed by atoms with E-state index in [-0.39, 0.29) is 35.5 Å². The van der Waals surface area contributed by atoms with Crippen molar-refractivity contribution in [3.63, 3.8) is 0 Å². The zero-order valence-corrected chi connectivity index (χ0v) is 12.1. The lowest BCUT2D eigenvalue weighted by Gasteiger charge is -2.37. The van der Waals surface area contributed by atoms with Crippen LogP contribution in [0.15, 0.2) is 12.3 Å². The number of pyridine rings is 1. The number of hydrogen-bond acceptors (Lipinski definition) is 4. The fourth-order valence-corrected chi connectivity index (χ4v) is 3.52. The van der Waals surface area contributed by atoms with E-state index < -0.39 is 5.82 Å². The number of amides is 1. The molecule has 0 spiro atoms. The Labute approximate surface area is 123 Å². The minimum Gasteiger partial charge on any atom is -0.393 e. The van der Waals surface area contributed by atoms with Gasteiger partial charge in [-0.05, 0) is 38.7 Å². The monoisotopic (exact) mass is 293 g/mol. The van der Waals surface area contributed by atoms with E-state index in [0.29, 0.717) is 19.4 Å². The molecule has 6 heteroatoms. The Kier molecular flexibility index (Phi) is 3.80. The summed E-state index contributed by atoms with van der Waals surface area (Å²) < 4.78 is 14.4. The molecule has 2 atom stereocenters. The third-order valence-corrected chi connectivity index (χ3v) is 4.41. The fourth-order valence-electron chi connectivity index (χ4n) is 3.52. The molecule has 21 heavy (non-hydrogen) atoms. The number of anilines is 1. The van der Waals surface area contributed by atoms with Gasteiger partial charge in [-0.1, -0.05) is 0 Å². The summed E-state index contributed by atoms with van der Waals surface area (Å²) in [5.41, 5.74) is 0.0641. The lowest BCUT2D eigenvalue weighted by Crippen LogP contribution is -2.48. The summed E-state index contributed by atoms with van der Waals surface area (Å²) >= 11 is 0. The molecular weight excluding hydrogens is 273 g/mol. The van der Waals surface area contributed by atoms with Crippen LogP contribution in [0.2, 0.25) is 0 Å². The van der Waals surface area contributed by atoms with Crippen molar-refractivity contribution < 1.29 is 14.3 Å². The van der Waals surface area contributed by atoms with Crippen LogP contribution in [-0.2, 0) is 0 Å². The highest BCUT2D eigenvalue weighted by molar-refractivity contribution is 5.96. The van der Waals surface area contributed by atoms with Gasteiger partial charge in [-0.15, -0.1) is 0 Å². The smallest absolute Gasteiger partial charge is 0.257 e. The number of halogens is 1. The summed E-state index contributed by atoms with van der Waals surface area (Å²) in [6.07, 6.45) is 4.07. The molecule has 0 radical (unpaired) electrons. The molecule has 1 aromatic rings. The van der Waals surface area contributed by atoms with E-state index >= 15 is 0 Å². The second-order valence-corrected chi connectivity index (χ2v) is 5.77. The Balaban J connectivity index is 1.88. The molecule has 1 amide bonds. The van der Waals surface area contributed by atoms with Gasteiger partial charge in [0.15, 0.2) is 11.6 Å². The molecular formula is C15H20FN3O2. The molecule has 2 N–H and O–H groups in total. The molecule has 114 valence electrons. The quantitative estimate of drug-likeness (QED) is 0.891. The molecule has 0 aliphatic carbocycles. The third kappa shape index (κ3) is 2.48. The minimum absolute atomic E-state index is 0.0291. The number of carbonyl (C=O) groups is 1. The number of carbonyl (C=O) groups excluding carboxylic acids is 1. The van der Waals surface area contributed by atoms with E-state index in [4.69, 9.17) is 0 Å². The first kappa shape index (κ1) is 14.3. The summed E-state index contributed by atoms with van der Waals surface area (Å²) in [7, 11) is 0. The van der Waals surface area contributed by atoms with Crippen LogP contribution in [-0.4, -0.2) is 45.6 Å². The molecule has 3 heterocycles. The van der Waals surface area contributed by atoms with Gasteiger partial charge in [0.05, 0.1) is 11.7 Å². The number of rotatable bonds is 3. The zero-order valence-electron chi connectivity index (χ0n) is 12.1. The van der Waals surface area contributed by atoms with Crippen LogP contribution in [0.25, 0.3) is 0 Å². The minimum atomic E-state index is -0.588. The molecule has 2 fully saturated rings. The highest BCUT2D eigenvalue weighted by atomic mass is 19.1. The van der Waals surface area contributed by atoms with Crippen LogP contribution in [0.1, 0.15) is 43.0 Å². The largest absolute Gasteiger partial charge is 0.393 e. The molecule has 0 aromatic carbocycles. The van der Waals surface area contributed by atoms with Gasteiger partial charge in [0, 0.05) is 24.8 Å². The van der Waals surface area contributed by atoms with E-state index in [0.717, 1.165) is 12.8 Å². The van der Waals surface area contributed by atoms with Gasteiger partial charge in [0.2, 0.25) is 0 Å². The van der Waals surface area contributed by atoms with E-state index in [1.54, 1.807) is 4.90 Å². The Morgan fingerprint density at radius 1 is 1.48 bits per heavy atom. The predicted molar refractivity (Wildman–Crippen MR) is 76.6 cm³/mol. The number of nitrogens with zero attached hydrogens (tertiary/aromatic N) is 2. The van der Waals surface area contributed by atoms with Crippen LogP contribution in [0, 0.1) is 5.82 Å². The van der Waals surface area contributed by atoms with Crippen molar-refractivity contribution in [3.05, 3.63) is 23.6 Å². The van der Waals surface area contributed by atoms with Crippen LogP contribution in [0.4, 0.5) is 10.2 Å². The van der Waals surface area contributed by atoms with Crippen molar-refractivity contribution in [1.82, 2.24) is 9.88 Å². The maximum absolute atomic E-state index is 14.4. The molecule has 2 bridgehead atoms. The van der Waals surface area contributed by atoms with Crippen LogP contribution >= 0.6 is 0 Å². The second-order valence-electron chi connectivity index (χ2n) is 5.77. The first-order chi connectivity index (χ1) is 10.1. The van der Waals surface area contributed by atoms with Crippen LogP contribution < -0.4 is 5.32 Å². The second kappa shape index (κ2) is 5.60. The topological polar surface area (TPSA) is 65.5 Å². The number of aliphatic hydroxyl groups excluding tert-OH is 1. The van der Waals surface area contributed by atoms with Gasteiger partial charge in [-0.25, -0.2) is 9.37 Å². The molecule has 2 aliphatic rings. The summed E-state index contributed by atoms with van der Waals surface area (Å²) in [4.78, 5) is 18.4. The van der Waals surface area contributed by atoms with Crippen molar-refractivity contribution in [2.75, 3.05) is 11.9 Å². The average Bonchev–Trinajstić information content (AvgIpc) is 2.73. The number of piperidine rings is 1. The van der Waals surface area contributed by atoms with E-state index in [2.05, 4.69) is 10.3 Å². The zero-order chi connectivity index (χ0) is 15.0. The van der Waals surface area contributed by atoms with Gasteiger partial charge in [0.25, 0.3) is 5.91 Å². The molecule has 0 saturated carbocycles. The molecule has 5 nitrogen and oxygen atoms in total. The number of hydrogen-bond donors (Lipinski definition) is 2. The highest BCUT2D eigenvalue weighted by Crippen LogP contribution is 2.37. The van der Waals surface area contributed by atoms with Gasteiger partial charge >= 0.3 is 0 Å². The number of aliphatic hydroxyl groups is 1. The lowest BCUT2D eigenvalue weighted by molar-refractivity contribution is 0.0283. The van der Waals surface area contributed by atoms with Crippen LogP contribution in [0.3, 0.4) is 0 Å². The number of aromatic nitrogens is 1. The molecule has 2 saturated heterocycles. The van der Waals surface area contributed by atoms with Crippen molar-refractivity contribution in [2.45, 2.75) is 50.8 Å². The Bertz CT molecular complexity index is 538. The third-order valence-electron chi connectivity index (χ3n) is 4.41. The summed E-state index contributed by atoms with van der Waals surface area (Å²) in [6, 6.07) is 1.49. The number of nitrogens with one attached hydrogen (secondary N) is 1. The van der Waals surface area contributed by atoms with Crippen LogP contribution in [0.5, 0.6) is 0 Å². The Morgan fingerprint density at radius 2 is 2.14 bits per heavy atom. The number of fused-ring (bicyclic) bond motifs is 2. The van der Waals surface area contributed by atoms with Crippen molar-refractivity contribution in [3.8, 4) is 0 Å². The van der Waals surface area contributed by atoms with Crippen molar-refractivity contribution >= 4 is 11.7 Å². The average molecular weight is 293 g/mol. The maximum Gasteiger partial charge on any atom is 0.257 e. The standard InChI is InChI=1S/C15H20FN3O2/c1-2-17-14-13(16)12(5-6-18-14)15(21)19-9-3-4-10(19)8-11(20)7-9/h5-6,9-11,20H,2-4,7-8H2,1H3,(H,17,18). The van der Waals surface area contributed by atoms with Crippen molar-refractivity contribution in [2.24, 2.45) is 0 Å². The molecule has 3 rings (SSSR count). The van der Waals surface area contributed by atoms with Gasteiger partial charge in [-0.3, -0.25) is 4.79 Å². The summed E-state index contributed by atoms with van der Waals surface area (Å²) in [5, 5.41) is 12.6. The predicted octanol–water partition coefficient (Wildman–Crippen LogP) is 1.78. The first-order valence-corrected chi connectivity index (χ1v) is 7.51. The molecule has 2 unspecified atom stereocenters. The molecule has 2 aliphatic heterocycles. The summed E-state index contributed by atoms with van der Waals surface area (Å²) in [5.74, 6) is -0.754.